The Hall–Kier alpha value is -8.80. The number of fused-ring (bicyclic) bond motifs is 4. The number of thiazole rings is 4. The highest BCUT2D eigenvalue weighted by atomic mass is 32.1. The van der Waals surface area contributed by atoms with Gasteiger partial charge in [-0.2, -0.15) is 0 Å². The molecule has 12 rings (SSSR count). The minimum atomic E-state index is 0.640. The Bertz CT molecular complexity index is 3820. The van der Waals surface area contributed by atoms with Gasteiger partial charge in [-0.3, -0.25) is 0 Å². The Labute approximate surface area is 562 Å². The van der Waals surface area contributed by atoms with Crippen molar-refractivity contribution in [2.75, 3.05) is 41.3 Å². The van der Waals surface area contributed by atoms with E-state index in [2.05, 4.69) is 123 Å². The molecule has 12 aromatic rings. The van der Waals surface area contributed by atoms with E-state index in [4.69, 9.17) is 27.4 Å². The highest BCUT2D eigenvalue weighted by molar-refractivity contribution is 7.23. The lowest BCUT2D eigenvalue weighted by Gasteiger charge is -2.00. The molecule has 9 N–H and O–H groups in total. The molecule has 12 nitrogen and oxygen atoms in total. The van der Waals surface area contributed by atoms with Crippen LogP contribution in [0.25, 0.3) is 40.9 Å². The predicted molar refractivity (Wildman–Crippen MR) is 408 cm³/mol. The number of rotatable bonds is 16. The van der Waals surface area contributed by atoms with E-state index in [1.165, 1.54) is 133 Å². The molecule has 0 atom stereocenters. The van der Waals surface area contributed by atoms with Crippen molar-refractivity contribution in [2.24, 2.45) is 0 Å². The third-order valence-corrected chi connectivity index (χ3v) is 17.8. The van der Waals surface area contributed by atoms with Crippen LogP contribution in [0.4, 0.5) is 20.5 Å². The second kappa shape index (κ2) is 40.8. The summed E-state index contributed by atoms with van der Waals surface area (Å²) in [5.74, 6) is 0. The Morgan fingerprint density at radius 1 is 0.348 bits per heavy atom. The number of para-hydroxylation sites is 4. The van der Waals surface area contributed by atoms with Gasteiger partial charge in [0.2, 0.25) is 0 Å². The fraction of sp³-hybridized carbons (Fsp3) is 0.263. The maximum Gasteiger partial charge on any atom is 0.183 e. The molecule has 0 bridgehead atoms. The van der Waals surface area contributed by atoms with Gasteiger partial charge in [-0.05, 0) is 168 Å². The minimum Gasteiger partial charge on any atom is -0.375 e. The van der Waals surface area contributed by atoms with E-state index in [1.807, 2.05) is 159 Å². The van der Waals surface area contributed by atoms with E-state index in [-0.39, 0.29) is 0 Å². The van der Waals surface area contributed by atoms with Gasteiger partial charge in [0.1, 0.15) is 0 Å². The predicted octanol–water partition coefficient (Wildman–Crippen LogP) is 21.6. The lowest BCUT2D eigenvalue weighted by Crippen LogP contribution is -2.00. The third kappa shape index (κ3) is 25.8. The molecule has 0 aliphatic heterocycles. The van der Waals surface area contributed by atoms with Crippen LogP contribution < -0.4 is 21.7 Å². The van der Waals surface area contributed by atoms with Crippen molar-refractivity contribution in [3.05, 3.63) is 237 Å². The first-order valence-electron chi connectivity index (χ1n) is 31.2. The van der Waals surface area contributed by atoms with Crippen LogP contribution in [0.3, 0.4) is 0 Å². The van der Waals surface area contributed by atoms with Crippen LogP contribution in [0, 0.1) is 77.0 Å². The average Bonchev–Trinajstić information content (AvgIpc) is 3.11. The zero-order chi connectivity index (χ0) is 66.6. The zero-order valence-corrected chi connectivity index (χ0v) is 58.6. The lowest BCUT2D eigenvalue weighted by atomic mass is 10.1. The van der Waals surface area contributed by atoms with Crippen molar-refractivity contribution < 1.29 is 0 Å². The van der Waals surface area contributed by atoms with Gasteiger partial charge < -0.3 is 43.3 Å². The van der Waals surface area contributed by atoms with E-state index < -0.39 is 0 Å². The van der Waals surface area contributed by atoms with Crippen LogP contribution in [0.1, 0.15) is 126 Å². The molecule has 16 heteroatoms. The largest absolute Gasteiger partial charge is 0.375 e. The smallest absolute Gasteiger partial charge is 0.183 e. The lowest BCUT2D eigenvalue weighted by molar-refractivity contribution is 0.685. The van der Waals surface area contributed by atoms with E-state index >= 15 is 0 Å². The minimum absolute atomic E-state index is 0.640. The van der Waals surface area contributed by atoms with Crippen LogP contribution in [0.5, 0.6) is 0 Å². The van der Waals surface area contributed by atoms with Crippen molar-refractivity contribution in [2.45, 2.75) is 115 Å². The van der Waals surface area contributed by atoms with Crippen LogP contribution in [0.15, 0.2) is 170 Å². The Morgan fingerprint density at radius 2 is 0.641 bits per heavy atom. The summed E-state index contributed by atoms with van der Waals surface area (Å²) in [4.78, 5) is 17.5. The standard InChI is InChI=1S/C13H18N2S.C11H14N2S.C9H10N2S.4C9H11N.C7H6N2S/c1-2-3-4-7-10-14-13-15-11-8-5-6-9-12(11)16-13;1-2-3-8-12-11-13-9-6-4-5-7-10(9)14-11;1-2-10-9-11-7-5-3-4-6-8(7)12-9;4*1-7-3-4-8(2)9(5-7)6-10;8-7-9-5-3-1-2-4-6(5)10-7/h5-6,8-9H,2-4,7,10H2,1H3,(H,14,15);4-7H,2-3,8H2,1H3,(H,12,13);3-6H,2H2,1H3,(H,10,11);4*3-6,10H,1-2H3;1-4H,(H2,8,9). The maximum atomic E-state index is 7.06. The summed E-state index contributed by atoms with van der Waals surface area (Å²) in [6, 6.07) is 57.1. The van der Waals surface area contributed by atoms with Gasteiger partial charge in [-0.25, -0.2) is 19.9 Å². The Kier molecular flexibility index (Phi) is 32.8. The molecule has 92 heavy (non-hydrogen) atoms. The summed E-state index contributed by atoms with van der Waals surface area (Å²) in [5, 5.41) is 41.9. The van der Waals surface area contributed by atoms with Crippen LogP contribution in [-0.2, 0) is 0 Å². The molecule has 0 fully saturated rings. The SMILES string of the molecule is CCCCCCNc1nc2ccccc2s1.CCCCNc1nc2ccccc2s1.CCNc1nc2ccccc2s1.Cc1ccc(C)c(C=N)c1.Cc1ccc(C)c(C=N)c1.Cc1ccc(C)c(C=N)c1.Cc1ccc(C)c(C=N)c1.Nc1nc2ccccc2s1. The van der Waals surface area contributed by atoms with Gasteiger partial charge in [0, 0.05) is 44.5 Å². The molecule has 0 amide bonds. The molecule has 0 aliphatic rings. The van der Waals surface area contributed by atoms with E-state index in [9.17, 15) is 0 Å². The number of unbranched alkanes of at least 4 members (excludes halogenated alkanes) is 4. The number of benzene rings is 8. The fourth-order valence-corrected chi connectivity index (χ4v) is 12.1. The molecule has 0 saturated carbocycles. The summed E-state index contributed by atoms with van der Waals surface area (Å²) in [5.41, 5.74) is 23.3. The number of hydrogen-bond acceptors (Lipinski definition) is 16. The van der Waals surface area contributed by atoms with Crippen LogP contribution in [-0.4, -0.2) is 64.4 Å². The normalized spacial score (nSPS) is 10.1. The first-order valence-corrected chi connectivity index (χ1v) is 34.5. The second-order valence-corrected chi connectivity index (χ2v) is 25.9. The molecule has 0 saturated heterocycles. The van der Waals surface area contributed by atoms with Crippen molar-refractivity contribution in [1.82, 2.24) is 19.9 Å². The van der Waals surface area contributed by atoms with Crippen molar-refractivity contribution in [3.8, 4) is 0 Å². The van der Waals surface area contributed by atoms with Crippen molar-refractivity contribution in [1.29, 1.82) is 21.6 Å². The fourth-order valence-electron chi connectivity index (χ4n) is 8.67. The Morgan fingerprint density at radius 3 is 0.924 bits per heavy atom. The van der Waals surface area contributed by atoms with Crippen molar-refractivity contribution in [3.63, 3.8) is 0 Å². The zero-order valence-electron chi connectivity index (χ0n) is 55.3. The average molecular weight is 1300 g/mol. The summed E-state index contributed by atoms with van der Waals surface area (Å²) in [6.07, 6.45) is 13.2. The molecule has 0 radical (unpaired) electrons. The molecular weight excluding hydrogens is 1210 g/mol. The van der Waals surface area contributed by atoms with Gasteiger partial charge in [-0.1, -0.05) is 228 Å². The number of nitrogens with two attached hydrogens (primary N) is 1. The van der Waals surface area contributed by atoms with Crippen molar-refractivity contribution >= 4 is 132 Å². The molecular formula is C76H92N12S4. The molecule has 4 heterocycles. The molecule has 0 spiro atoms. The molecule has 4 aromatic heterocycles. The van der Waals surface area contributed by atoms with Gasteiger partial charge in [0.15, 0.2) is 20.5 Å². The summed E-state index contributed by atoms with van der Waals surface area (Å²) < 4.78 is 4.92. The first-order chi connectivity index (χ1) is 44.5. The molecule has 480 valence electrons. The number of nitrogens with zero attached hydrogens (tertiary/aromatic N) is 4. The highest BCUT2D eigenvalue weighted by Gasteiger charge is 2.04. The van der Waals surface area contributed by atoms with Gasteiger partial charge in [0.25, 0.3) is 0 Å². The maximum absolute atomic E-state index is 7.06. The quantitative estimate of drug-likeness (QED) is 0.0344. The van der Waals surface area contributed by atoms with E-state index in [0.29, 0.717) is 5.13 Å². The Balaban J connectivity index is 0.000000192. The molecule has 0 unspecified atom stereocenters. The summed E-state index contributed by atoms with van der Waals surface area (Å²) in [6.45, 7) is 25.7. The van der Waals surface area contributed by atoms with Gasteiger partial charge in [0.05, 0.1) is 40.9 Å². The van der Waals surface area contributed by atoms with Crippen LogP contribution in [0.2, 0.25) is 0 Å². The van der Waals surface area contributed by atoms with Crippen LogP contribution >= 0.6 is 45.3 Å². The van der Waals surface area contributed by atoms with Gasteiger partial charge in [-0.15, -0.1) is 0 Å². The topological polar surface area (TPSA) is 209 Å². The number of nitrogen functional groups attached to an aromatic ring is 1. The van der Waals surface area contributed by atoms with Gasteiger partial charge >= 0.3 is 0 Å². The third-order valence-electron chi connectivity index (χ3n) is 14.0. The second-order valence-electron chi connectivity index (χ2n) is 21.8. The monoisotopic (exact) mass is 1300 g/mol. The number of hydrogen-bond donors (Lipinski definition) is 8. The summed E-state index contributed by atoms with van der Waals surface area (Å²) >= 11 is 6.68. The highest BCUT2D eigenvalue weighted by Crippen LogP contribution is 2.28. The molecule has 8 aromatic carbocycles. The number of aromatic nitrogens is 4. The first kappa shape index (κ1) is 73.9. The van der Waals surface area contributed by atoms with E-state index in [0.717, 1.165) is 84.0 Å². The van der Waals surface area contributed by atoms with E-state index in [1.54, 1.807) is 34.0 Å². The number of nitrogens with one attached hydrogen (secondary N) is 7. The summed E-state index contributed by atoms with van der Waals surface area (Å²) in [7, 11) is 0. The molecule has 0 aliphatic carbocycles. The number of aryl methyl sites for hydroxylation is 8. The number of anilines is 4.